The number of anilines is 1. The number of benzene rings is 1. The summed E-state index contributed by atoms with van der Waals surface area (Å²) in [7, 11) is 0. The van der Waals surface area contributed by atoms with Crippen molar-refractivity contribution in [2.24, 2.45) is 0 Å². The van der Waals surface area contributed by atoms with Gasteiger partial charge in [-0.25, -0.2) is 4.68 Å². The quantitative estimate of drug-likeness (QED) is 0.443. The van der Waals surface area contributed by atoms with Gasteiger partial charge in [0, 0.05) is 18.7 Å². The molecule has 0 saturated carbocycles. The Kier molecular flexibility index (Phi) is 5.81. The van der Waals surface area contributed by atoms with Gasteiger partial charge in [0.05, 0.1) is 22.3 Å². The summed E-state index contributed by atoms with van der Waals surface area (Å²) < 4.78 is 5.27. The van der Waals surface area contributed by atoms with Crippen molar-refractivity contribution in [2.45, 2.75) is 57.1 Å². The van der Waals surface area contributed by atoms with Crippen molar-refractivity contribution in [1.82, 2.24) is 28.9 Å². The highest BCUT2D eigenvalue weighted by atomic mass is 32.2. The predicted octanol–water partition coefficient (Wildman–Crippen LogP) is 3.35. The van der Waals surface area contributed by atoms with Gasteiger partial charge in [-0.05, 0) is 39.3 Å². The molecule has 4 rings (SSSR count). The predicted molar refractivity (Wildman–Crippen MR) is 122 cm³/mol. The van der Waals surface area contributed by atoms with Crippen LogP contribution in [-0.4, -0.2) is 40.1 Å². The van der Waals surface area contributed by atoms with E-state index in [1.165, 1.54) is 11.8 Å². The number of aromatic nitrogens is 6. The van der Waals surface area contributed by atoms with Crippen LogP contribution in [0.2, 0.25) is 0 Å². The molecule has 0 spiro atoms. The van der Waals surface area contributed by atoms with Crippen LogP contribution in [0.25, 0.3) is 16.7 Å². The number of nitrogens with one attached hydrogen (secondary N) is 1. The van der Waals surface area contributed by atoms with Crippen LogP contribution in [0.1, 0.15) is 40.2 Å². The number of hydrogen-bond acceptors (Lipinski definition) is 6. The third-order valence-electron chi connectivity index (χ3n) is 4.99. The Morgan fingerprint density at radius 2 is 1.94 bits per heavy atom. The lowest BCUT2D eigenvalue weighted by Crippen LogP contribution is -2.25. The number of nitrogens with zero attached hydrogens (tertiary/aromatic N) is 6. The standard InChI is InChI=1S/C21H25N7O2S/c1-5-12-26-19(30)15-8-6-7-9-16(15)27-20(26)24-25-21(27)31-14(4)18(29)23-17-10-11-22-28(17)13(2)3/h6-11,13-14H,5,12H2,1-4H3,(H,23,29). The maximum absolute atomic E-state index is 12.9. The molecule has 0 aliphatic rings. The minimum atomic E-state index is -0.437. The molecular weight excluding hydrogens is 414 g/mol. The van der Waals surface area contributed by atoms with Crippen molar-refractivity contribution in [3.05, 3.63) is 46.9 Å². The van der Waals surface area contributed by atoms with Crippen molar-refractivity contribution in [2.75, 3.05) is 5.32 Å². The molecule has 0 aliphatic heterocycles. The average Bonchev–Trinajstić information content (AvgIpc) is 3.38. The van der Waals surface area contributed by atoms with E-state index in [0.717, 1.165) is 11.9 Å². The van der Waals surface area contributed by atoms with Crippen LogP contribution in [0.5, 0.6) is 0 Å². The van der Waals surface area contributed by atoms with Gasteiger partial charge in [-0.1, -0.05) is 30.8 Å². The largest absolute Gasteiger partial charge is 0.310 e. The maximum Gasteiger partial charge on any atom is 0.262 e. The van der Waals surface area contributed by atoms with Gasteiger partial charge in [-0.15, -0.1) is 10.2 Å². The topological polar surface area (TPSA) is 99.1 Å². The van der Waals surface area contributed by atoms with Crippen LogP contribution < -0.4 is 10.9 Å². The summed E-state index contributed by atoms with van der Waals surface area (Å²) in [6.07, 6.45) is 2.46. The van der Waals surface area contributed by atoms with Gasteiger partial charge in [0.2, 0.25) is 11.7 Å². The minimum absolute atomic E-state index is 0.0818. The number of aryl methyl sites for hydroxylation is 1. The van der Waals surface area contributed by atoms with Crippen molar-refractivity contribution >= 4 is 40.2 Å². The first-order chi connectivity index (χ1) is 14.9. The van der Waals surface area contributed by atoms with E-state index in [0.29, 0.717) is 28.7 Å². The molecule has 1 amide bonds. The summed E-state index contributed by atoms with van der Waals surface area (Å²) in [4.78, 5) is 25.8. The molecule has 1 aromatic carbocycles. The summed E-state index contributed by atoms with van der Waals surface area (Å²) >= 11 is 1.30. The van der Waals surface area contributed by atoms with Gasteiger partial charge in [0.1, 0.15) is 5.82 Å². The van der Waals surface area contributed by atoms with E-state index in [-0.39, 0.29) is 17.5 Å². The van der Waals surface area contributed by atoms with Gasteiger partial charge >= 0.3 is 0 Å². The van der Waals surface area contributed by atoms with Crippen LogP contribution in [0, 0.1) is 0 Å². The lowest BCUT2D eigenvalue weighted by Gasteiger charge is -2.15. The van der Waals surface area contributed by atoms with Crippen LogP contribution in [0.15, 0.2) is 46.5 Å². The molecule has 3 heterocycles. The summed E-state index contributed by atoms with van der Waals surface area (Å²) in [5.41, 5.74) is 0.648. The zero-order valence-corrected chi connectivity index (χ0v) is 18.8. The van der Waals surface area contributed by atoms with Crippen LogP contribution in [0.3, 0.4) is 0 Å². The van der Waals surface area contributed by atoms with E-state index in [9.17, 15) is 9.59 Å². The van der Waals surface area contributed by atoms with E-state index in [2.05, 4.69) is 20.6 Å². The molecule has 0 radical (unpaired) electrons. The second-order valence-electron chi connectivity index (χ2n) is 7.60. The van der Waals surface area contributed by atoms with E-state index < -0.39 is 5.25 Å². The first kappa shape index (κ1) is 21.1. The Labute approximate surface area is 183 Å². The molecular formula is C21H25N7O2S. The molecule has 162 valence electrons. The zero-order chi connectivity index (χ0) is 22.1. The summed E-state index contributed by atoms with van der Waals surface area (Å²) in [5.74, 6) is 0.981. The van der Waals surface area contributed by atoms with E-state index in [1.54, 1.807) is 27.6 Å². The molecule has 9 nitrogen and oxygen atoms in total. The van der Waals surface area contributed by atoms with Crippen LogP contribution in [-0.2, 0) is 11.3 Å². The molecule has 0 saturated heterocycles. The SMILES string of the molecule is CCCn1c(=O)c2ccccc2n2c(SC(C)C(=O)Nc3ccnn3C(C)C)nnc12. The Morgan fingerprint density at radius 1 is 1.16 bits per heavy atom. The molecule has 0 fully saturated rings. The third kappa shape index (κ3) is 3.83. The summed E-state index contributed by atoms with van der Waals surface area (Å²) in [5, 5.41) is 16.5. The molecule has 1 N–H and O–H groups in total. The summed E-state index contributed by atoms with van der Waals surface area (Å²) in [6, 6.07) is 9.31. The first-order valence-corrected chi connectivity index (χ1v) is 11.2. The highest BCUT2D eigenvalue weighted by molar-refractivity contribution is 8.00. The normalized spacial score (nSPS) is 12.7. The lowest BCUT2D eigenvalue weighted by atomic mass is 10.2. The molecule has 0 aliphatic carbocycles. The second-order valence-corrected chi connectivity index (χ2v) is 8.90. The van der Waals surface area contributed by atoms with Crippen molar-refractivity contribution in [3.63, 3.8) is 0 Å². The van der Waals surface area contributed by atoms with E-state index in [4.69, 9.17) is 0 Å². The molecule has 31 heavy (non-hydrogen) atoms. The number of amides is 1. The number of para-hydroxylation sites is 1. The Morgan fingerprint density at radius 3 is 2.68 bits per heavy atom. The van der Waals surface area contributed by atoms with Gasteiger partial charge in [0.15, 0.2) is 5.16 Å². The first-order valence-electron chi connectivity index (χ1n) is 10.3. The lowest BCUT2D eigenvalue weighted by molar-refractivity contribution is -0.115. The monoisotopic (exact) mass is 439 g/mol. The van der Waals surface area contributed by atoms with Crippen molar-refractivity contribution in [3.8, 4) is 0 Å². The molecule has 3 aromatic heterocycles. The van der Waals surface area contributed by atoms with Crippen LogP contribution >= 0.6 is 11.8 Å². The molecule has 4 aromatic rings. The van der Waals surface area contributed by atoms with Gasteiger partial charge in [-0.2, -0.15) is 5.10 Å². The Balaban J connectivity index is 1.69. The average molecular weight is 440 g/mol. The number of thioether (sulfide) groups is 1. The van der Waals surface area contributed by atoms with E-state index in [1.807, 2.05) is 50.3 Å². The van der Waals surface area contributed by atoms with Gasteiger partial charge < -0.3 is 5.32 Å². The molecule has 10 heteroatoms. The zero-order valence-electron chi connectivity index (χ0n) is 17.9. The van der Waals surface area contributed by atoms with E-state index >= 15 is 0 Å². The number of hydrogen-bond donors (Lipinski definition) is 1. The maximum atomic E-state index is 12.9. The number of carbonyl (C=O) groups is 1. The van der Waals surface area contributed by atoms with Crippen LogP contribution in [0.4, 0.5) is 5.82 Å². The highest BCUT2D eigenvalue weighted by Gasteiger charge is 2.22. The van der Waals surface area contributed by atoms with Gasteiger partial charge in [-0.3, -0.25) is 18.6 Å². The smallest absolute Gasteiger partial charge is 0.262 e. The molecule has 0 bridgehead atoms. The molecule has 1 unspecified atom stereocenters. The third-order valence-corrected chi connectivity index (χ3v) is 6.03. The fourth-order valence-corrected chi connectivity index (χ4v) is 4.35. The Hall–Kier alpha value is -3.14. The Bertz CT molecular complexity index is 1300. The minimum Gasteiger partial charge on any atom is -0.310 e. The number of rotatable bonds is 7. The van der Waals surface area contributed by atoms with Crippen molar-refractivity contribution in [1.29, 1.82) is 0 Å². The molecule has 1 atom stereocenters. The second kappa shape index (κ2) is 8.54. The van der Waals surface area contributed by atoms with Crippen molar-refractivity contribution < 1.29 is 4.79 Å². The van der Waals surface area contributed by atoms with Gasteiger partial charge in [0.25, 0.3) is 5.56 Å². The summed E-state index contributed by atoms with van der Waals surface area (Å²) in [6.45, 7) is 8.39. The highest BCUT2D eigenvalue weighted by Crippen LogP contribution is 2.26. The number of fused-ring (bicyclic) bond motifs is 3. The number of carbonyl (C=O) groups excluding carboxylic acids is 1. The fraction of sp³-hybridized carbons (Fsp3) is 0.381. The fourth-order valence-electron chi connectivity index (χ4n) is 3.50.